The summed E-state index contributed by atoms with van der Waals surface area (Å²) in [6.45, 7) is 1.17. The lowest BCUT2D eigenvalue weighted by atomic mass is 9.78. The number of H-pyrrole nitrogens is 1. The first-order chi connectivity index (χ1) is 20.4. The number of aromatic nitrogens is 1. The van der Waals surface area contributed by atoms with Crippen LogP contribution >= 0.6 is 0 Å². The lowest BCUT2D eigenvalue weighted by Crippen LogP contribution is -2.28. The molecule has 2 aromatic rings. The Balaban J connectivity index is 1.11. The molecule has 0 bridgehead atoms. The van der Waals surface area contributed by atoms with Gasteiger partial charge >= 0.3 is 0 Å². The molecule has 6 unspecified atom stereocenters. The van der Waals surface area contributed by atoms with Gasteiger partial charge in [0.05, 0.1) is 24.6 Å². The van der Waals surface area contributed by atoms with Gasteiger partial charge in [0.1, 0.15) is 0 Å². The van der Waals surface area contributed by atoms with Gasteiger partial charge < -0.3 is 36.1 Å². The third-order valence-electron chi connectivity index (χ3n) is 9.56. The summed E-state index contributed by atoms with van der Waals surface area (Å²) in [5, 5.41) is 35.4. The Hall–Kier alpha value is -3.16. The van der Waals surface area contributed by atoms with Crippen LogP contribution in [0.1, 0.15) is 69.0 Å². The van der Waals surface area contributed by atoms with Gasteiger partial charge in [0.15, 0.2) is 11.5 Å². The van der Waals surface area contributed by atoms with Crippen molar-refractivity contribution in [1.29, 1.82) is 0 Å². The Morgan fingerprint density at radius 1 is 1.10 bits per heavy atom. The number of phenolic OH excluding ortho intramolecular Hbond substituents is 1. The number of hydrogen-bond donors (Lipinski definition) is 6. The quantitative estimate of drug-likeness (QED) is 0.176. The molecule has 0 saturated heterocycles. The van der Waals surface area contributed by atoms with E-state index in [1.54, 1.807) is 6.07 Å². The van der Waals surface area contributed by atoms with Crippen molar-refractivity contribution in [2.24, 2.45) is 29.4 Å². The van der Waals surface area contributed by atoms with E-state index in [-0.39, 0.29) is 17.6 Å². The third kappa shape index (κ3) is 8.45. The average Bonchev–Trinajstić information content (AvgIpc) is 3.40. The SMILES string of the molecule is NC1=CC(C(CCOc2cc(CCC(O)CC(O)C3CCCC4CCC=CC4C3)ccc2O)Cc2ccc[nH]2)=CCN1. The smallest absolute Gasteiger partial charge is 0.161 e. The molecule has 6 atom stereocenters. The van der Waals surface area contributed by atoms with Gasteiger partial charge in [0, 0.05) is 18.4 Å². The molecular formula is C35H49N3O4. The van der Waals surface area contributed by atoms with Gasteiger partial charge in [-0.05, 0) is 129 Å². The zero-order valence-electron chi connectivity index (χ0n) is 24.8. The first-order valence-corrected chi connectivity index (χ1v) is 16.0. The first kappa shape index (κ1) is 30.3. The monoisotopic (exact) mass is 575 g/mol. The summed E-state index contributed by atoms with van der Waals surface area (Å²) < 4.78 is 6.09. The molecule has 1 aromatic heterocycles. The number of aromatic hydroxyl groups is 1. The summed E-state index contributed by atoms with van der Waals surface area (Å²) in [5.74, 6) is 3.10. The van der Waals surface area contributed by atoms with E-state index in [0.717, 1.165) is 42.9 Å². The number of aliphatic hydroxyl groups excluding tert-OH is 2. The number of nitrogens with two attached hydrogens (primary N) is 1. The van der Waals surface area contributed by atoms with Crippen molar-refractivity contribution in [3.8, 4) is 11.5 Å². The fraction of sp³-hybridized carbons (Fsp3) is 0.543. The Kier molecular flexibility index (Phi) is 10.7. The highest BCUT2D eigenvalue weighted by atomic mass is 16.5. The van der Waals surface area contributed by atoms with Crippen molar-refractivity contribution in [3.05, 3.63) is 83.5 Å². The molecule has 7 heteroatoms. The Bertz CT molecular complexity index is 1220. The maximum absolute atomic E-state index is 11.0. The van der Waals surface area contributed by atoms with Crippen molar-refractivity contribution in [1.82, 2.24) is 10.3 Å². The third-order valence-corrected chi connectivity index (χ3v) is 9.56. The normalized spacial score (nSPS) is 24.4. The second-order valence-electron chi connectivity index (χ2n) is 12.6. The fourth-order valence-electron chi connectivity index (χ4n) is 7.11. The van der Waals surface area contributed by atoms with Gasteiger partial charge in [-0.1, -0.05) is 30.7 Å². The van der Waals surface area contributed by atoms with Gasteiger partial charge in [-0.2, -0.15) is 0 Å². The molecule has 1 aliphatic heterocycles. The van der Waals surface area contributed by atoms with Crippen LogP contribution < -0.4 is 15.8 Å². The minimum Gasteiger partial charge on any atom is -0.504 e. The topological polar surface area (TPSA) is 124 Å². The van der Waals surface area contributed by atoms with Crippen LogP contribution in [0.2, 0.25) is 0 Å². The Morgan fingerprint density at radius 2 is 2.00 bits per heavy atom. The number of aliphatic hydroxyl groups is 2. The summed E-state index contributed by atoms with van der Waals surface area (Å²) in [4.78, 5) is 3.30. The number of benzene rings is 1. The van der Waals surface area contributed by atoms with Crippen LogP contribution in [0, 0.1) is 23.7 Å². The molecule has 0 amide bonds. The fourth-order valence-corrected chi connectivity index (χ4v) is 7.11. The van der Waals surface area contributed by atoms with Crippen molar-refractivity contribution in [2.45, 2.75) is 82.8 Å². The van der Waals surface area contributed by atoms with Crippen molar-refractivity contribution < 1.29 is 20.1 Å². The van der Waals surface area contributed by atoms with E-state index in [2.05, 4.69) is 34.6 Å². The van der Waals surface area contributed by atoms with Gasteiger partial charge in [0.25, 0.3) is 0 Å². The standard InChI is InChI=1S/C35H49N3O4/c36-35-22-27(14-17-38-35)28(21-30-9-4-16-37-30)15-18-42-34-19-24(11-13-32(34)40)10-12-31(39)23-33(41)29-8-3-7-25-5-1-2-6-26(25)20-29/h2,4,6,9,11,13-14,16,19,22,25-26,28-29,31,33,37-41H,1,3,5,7-8,10,12,15,17-18,20-21,23,36H2. The molecule has 5 rings (SSSR count). The predicted octanol–water partition coefficient (Wildman–Crippen LogP) is 5.49. The van der Waals surface area contributed by atoms with Gasteiger partial charge in [-0.15, -0.1) is 0 Å². The number of fused-ring (bicyclic) bond motifs is 1. The minimum absolute atomic E-state index is 0.115. The number of hydrogen-bond acceptors (Lipinski definition) is 6. The minimum atomic E-state index is -0.563. The van der Waals surface area contributed by atoms with Crippen molar-refractivity contribution >= 4 is 0 Å². The van der Waals surface area contributed by atoms with Crippen LogP contribution in [0.3, 0.4) is 0 Å². The van der Waals surface area contributed by atoms with E-state index < -0.39 is 12.2 Å². The molecule has 2 heterocycles. The van der Waals surface area contributed by atoms with E-state index in [4.69, 9.17) is 10.5 Å². The summed E-state index contributed by atoms with van der Waals surface area (Å²) in [7, 11) is 0. The second kappa shape index (κ2) is 14.8. The largest absolute Gasteiger partial charge is 0.504 e. The van der Waals surface area contributed by atoms with Gasteiger partial charge in [-0.25, -0.2) is 0 Å². The van der Waals surface area contributed by atoms with Crippen LogP contribution in [0.5, 0.6) is 11.5 Å². The molecule has 0 spiro atoms. The number of rotatable bonds is 13. The zero-order valence-corrected chi connectivity index (χ0v) is 24.8. The molecule has 7 nitrogen and oxygen atoms in total. The molecule has 1 aromatic carbocycles. The van der Waals surface area contributed by atoms with Crippen molar-refractivity contribution in [3.63, 3.8) is 0 Å². The number of dihydropyridines is 1. The lowest BCUT2D eigenvalue weighted by Gasteiger charge is -2.29. The van der Waals surface area contributed by atoms with E-state index in [1.165, 1.54) is 31.3 Å². The van der Waals surface area contributed by atoms with E-state index >= 15 is 0 Å². The number of aryl methyl sites for hydroxylation is 1. The number of nitrogens with one attached hydrogen (secondary N) is 2. The molecule has 1 saturated carbocycles. The zero-order chi connectivity index (χ0) is 29.3. The van der Waals surface area contributed by atoms with Crippen LogP contribution in [-0.2, 0) is 12.8 Å². The summed E-state index contributed by atoms with van der Waals surface area (Å²) in [6.07, 6.45) is 20.0. The Labute approximate surface area is 250 Å². The van der Waals surface area contributed by atoms with Crippen LogP contribution in [0.15, 0.2) is 72.2 Å². The molecule has 7 N–H and O–H groups in total. The maximum atomic E-state index is 11.0. The van der Waals surface area contributed by atoms with E-state index in [0.29, 0.717) is 49.9 Å². The van der Waals surface area contributed by atoms with E-state index in [1.807, 2.05) is 30.5 Å². The number of allylic oxidation sites excluding steroid dienone is 4. The highest BCUT2D eigenvalue weighted by Gasteiger charge is 2.32. The summed E-state index contributed by atoms with van der Waals surface area (Å²) >= 11 is 0. The summed E-state index contributed by atoms with van der Waals surface area (Å²) in [6, 6.07) is 9.52. The van der Waals surface area contributed by atoms with Gasteiger partial charge in [-0.3, -0.25) is 0 Å². The van der Waals surface area contributed by atoms with Crippen LogP contribution in [0.4, 0.5) is 0 Å². The van der Waals surface area contributed by atoms with Crippen molar-refractivity contribution in [2.75, 3.05) is 13.2 Å². The molecular weight excluding hydrogens is 526 g/mol. The van der Waals surface area contributed by atoms with E-state index in [9.17, 15) is 15.3 Å². The number of ether oxygens (including phenoxy) is 1. The van der Waals surface area contributed by atoms with Crippen LogP contribution in [0.25, 0.3) is 0 Å². The second-order valence-corrected chi connectivity index (χ2v) is 12.6. The first-order valence-electron chi connectivity index (χ1n) is 16.0. The highest BCUT2D eigenvalue weighted by Crippen LogP contribution is 2.40. The molecule has 1 fully saturated rings. The molecule has 42 heavy (non-hydrogen) atoms. The molecule has 0 radical (unpaired) electrons. The van der Waals surface area contributed by atoms with Crippen LogP contribution in [-0.4, -0.2) is 45.7 Å². The lowest BCUT2D eigenvalue weighted by molar-refractivity contribution is 0.0321. The molecule has 228 valence electrons. The predicted molar refractivity (Wildman–Crippen MR) is 167 cm³/mol. The Morgan fingerprint density at radius 3 is 2.83 bits per heavy atom. The summed E-state index contributed by atoms with van der Waals surface area (Å²) in [5.41, 5.74) is 9.39. The molecule has 2 aliphatic carbocycles. The molecule has 3 aliphatic rings. The highest BCUT2D eigenvalue weighted by molar-refractivity contribution is 5.42. The number of aromatic amines is 1. The van der Waals surface area contributed by atoms with Gasteiger partial charge in [0.2, 0.25) is 0 Å². The number of phenols is 1. The maximum Gasteiger partial charge on any atom is 0.161 e. The average molecular weight is 576 g/mol.